The molecule has 0 aliphatic rings. The van der Waals surface area contributed by atoms with E-state index in [1.54, 1.807) is 34.6 Å². The van der Waals surface area contributed by atoms with Gasteiger partial charge in [0.05, 0.1) is 38.6 Å². The molecular weight excluding hydrogens is 1070 g/mol. The molecule has 5 N–H and O–H groups in total. The quantitative estimate of drug-likeness (QED) is 0.0124. The van der Waals surface area contributed by atoms with E-state index in [1.165, 1.54) is 24.3 Å². The molecule has 4 aromatic rings. The van der Waals surface area contributed by atoms with Crippen LogP contribution in [0.2, 0.25) is 0 Å². The summed E-state index contributed by atoms with van der Waals surface area (Å²) in [6.45, 7) is 18.7. The van der Waals surface area contributed by atoms with Gasteiger partial charge < -0.3 is 5.11 Å². The Bertz CT molecular complexity index is 3420. The van der Waals surface area contributed by atoms with E-state index < -0.39 is 108 Å². The maximum atomic E-state index is 14.8. The second-order valence-corrected chi connectivity index (χ2v) is 26.2. The number of phenolic OH excluding ortho intramolecular Hbond substituents is 1. The number of benzene rings is 4. The molecule has 23 heteroatoms. The maximum Gasteiger partial charge on any atom is 0.266 e. The van der Waals surface area contributed by atoms with Crippen LogP contribution in [0.15, 0.2) is 87.5 Å². The lowest BCUT2D eigenvalue weighted by molar-refractivity contribution is -0.121. The highest BCUT2D eigenvalue weighted by molar-refractivity contribution is 7.91. The first-order valence-corrected chi connectivity index (χ1v) is 31.6. The molecule has 0 aromatic heterocycles. The van der Waals surface area contributed by atoms with Gasteiger partial charge in [-0.2, -0.15) is 13.1 Å². The molecule has 0 fully saturated rings. The van der Waals surface area contributed by atoms with Crippen molar-refractivity contribution in [1.82, 2.24) is 14.2 Å². The number of carbonyl (C=O) groups is 6. The average molecular weight is 1150 g/mol. The van der Waals surface area contributed by atoms with Gasteiger partial charge in [-0.05, 0) is 101 Å². The van der Waals surface area contributed by atoms with Crippen molar-refractivity contribution in [1.29, 1.82) is 0 Å². The van der Waals surface area contributed by atoms with Crippen LogP contribution in [0.4, 0.5) is 0 Å². The largest absolute Gasteiger partial charge is 0.507 e. The van der Waals surface area contributed by atoms with Crippen LogP contribution in [0.3, 0.4) is 0 Å². The highest BCUT2D eigenvalue weighted by atomic mass is 32.2. The number of hydrogen-bond donors (Lipinski definition) is 5. The lowest BCUT2D eigenvalue weighted by atomic mass is 9.94. The number of carbonyl (C=O) groups excluding carboxylic acids is 6. The van der Waals surface area contributed by atoms with Gasteiger partial charge in [-0.25, -0.2) is 34.7 Å². The molecule has 0 radical (unpaired) electrons. The second-order valence-electron chi connectivity index (χ2n) is 19.6. The summed E-state index contributed by atoms with van der Waals surface area (Å²) in [7, 11) is -20.1. The Morgan fingerprint density at radius 3 is 1.06 bits per heavy atom. The first-order chi connectivity index (χ1) is 35.9. The average Bonchev–Trinajstić information content (AvgIpc) is 3.37. The van der Waals surface area contributed by atoms with Crippen molar-refractivity contribution in [3.05, 3.63) is 72.9 Å². The molecule has 4 rings (SSSR count). The van der Waals surface area contributed by atoms with Crippen LogP contribution in [0.1, 0.15) is 144 Å². The van der Waals surface area contributed by atoms with E-state index in [9.17, 15) is 72.1 Å². The van der Waals surface area contributed by atoms with Crippen molar-refractivity contribution >= 4 is 107 Å². The van der Waals surface area contributed by atoms with Gasteiger partial charge in [-0.15, -0.1) is 0 Å². The highest BCUT2D eigenvalue weighted by Crippen LogP contribution is 2.45. The predicted octanol–water partition coefficient (Wildman–Crippen LogP) is 7.93. The Hall–Kier alpha value is -5.40. The Balaban J connectivity index is 1.88. The number of hydrogen-bond acceptors (Lipinski definition) is 15. The molecule has 3 atom stereocenters. The molecule has 0 heterocycles. The van der Waals surface area contributed by atoms with Crippen molar-refractivity contribution < 1.29 is 72.1 Å². The molecule has 0 bridgehead atoms. The standard InChI is InChI=1S/C54H71N3O16S4/c1-9-40(46(61)23-17-11-14-20-43(58)33(3)4)55-75(68,69)50-30-49(64)36-26-27-38-52(77(72,73)57-42(32-74(65,66)67)48(63)25-19-13-16-22-45(60)35(7)8)31-51(39-29-28-37(50)53(36)54(38)39)76(70,71)56-41(10-2)47(62)24-18-12-15-21-44(59)34(5)6/h26-31,40-42,55-57,64H,3,5,7,9-25,32H2,1-2,4,6,8H3,(H,65,66,67). The highest BCUT2D eigenvalue weighted by Gasteiger charge is 2.35. The topological polar surface area (TPSA) is 316 Å². The minimum Gasteiger partial charge on any atom is -0.507 e. The van der Waals surface area contributed by atoms with Crippen LogP contribution in [0.25, 0.3) is 32.3 Å². The van der Waals surface area contributed by atoms with Gasteiger partial charge in [0.2, 0.25) is 30.1 Å². The van der Waals surface area contributed by atoms with Crippen molar-refractivity contribution in [2.75, 3.05) is 5.75 Å². The fourth-order valence-electron chi connectivity index (χ4n) is 8.90. The van der Waals surface area contributed by atoms with Gasteiger partial charge >= 0.3 is 0 Å². The fourth-order valence-corrected chi connectivity index (χ4v) is 14.3. The van der Waals surface area contributed by atoms with Crippen LogP contribution in [-0.2, 0) is 69.0 Å². The Labute approximate surface area is 452 Å². The SMILES string of the molecule is C=C(C)C(=O)CCCCCC(=O)C(CC)NS(=O)(=O)c1cc(O)c2ccc3c(S(=O)(=O)NC(CS(=O)(=O)O)C(=O)CCCCCC(=O)C(=C)C)cc(S(=O)(=O)NC(CC)C(=O)CCCCCC(=O)C(=C)C)c4ccc1c2c43. The van der Waals surface area contributed by atoms with E-state index in [0.29, 0.717) is 68.1 Å². The third-order valence-electron chi connectivity index (χ3n) is 13.3. The molecule has 0 saturated carbocycles. The van der Waals surface area contributed by atoms with Crippen LogP contribution in [-0.4, -0.2) is 102 Å². The van der Waals surface area contributed by atoms with E-state index in [0.717, 1.165) is 12.1 Å². The first kappa shape index (κ1) is 64.1. The summed E-state index contributed by atoms with van der Waals surface area (Å²) in [5.41, 5.74) is 1.14. The number of nitrogens with one attached hydrogen (secondary N) is 3. The number of ketones is 6. The fraction of sp³-hybridized carbons (Fsp3) is 0.481. The Kier molecular flexibility index (Phi) is 22.9. The number of phenols is 1. The summed E-state index contributed by atoms with van der Waals surface area (Å²) in [5, 5.41) is 10.5. The van der Waals surface area contributed by atoms with Gasteiger partial charge in [0, 0.05) is 76.9 Å². The summed E-state index contributed by atoms with van der Waals surface area (Å²) >= 11 is 0. The molecule has 0 aliphatic heterocycles. The molecule has 77 heavy (non-hydrogen) atoms. The summed E-state index contributed by atoms with van der Waals surface area (Å²) in [6, 6.07) is 1.85. The van der Waals surface area contributed by atoms with Crippen molar-refractivity contribution in [3.63, 3.8) is 0 Å². The van der Waals surface area contributed by atoms with Gasteiger partial charge in [0.25, 0.3) is 10.1 Å². The molecule has 0 aliphatic carbocycles. The lowest BCUT2D eigenvalue weighted by Crippen LogP contribution is -2.45. The van der Waals surface area contributed by atoms with Crippen LogP contribution < -0.4 is 14.2 Å². The predicted molar refractivity (Wildman–Crippen MR) is 295 cm³/mol. The third kappa shape index (κ3) is 17.3. The number of Topliss-reactive ketones (excluding diaryl/α,β-unsaturated/α-hetero) is 6. The Morgan fingerprint density at radius 1 is 0.455 bits per heavy atom. The van der Waals surface area contributed by atoms with E-state index in [2.05, 4.69) is 29.2 Å². The van der Waals surface area contributed by atoms with Gasteiger partial charge in [0.15, 0.2) is 34.7 Å². The van der Waals surface area contributed by atoms with Gasteiger partial charge in [-0.3, -0.25) is 33.3 Å². The van der Waals surface area contributed by atoms with E-state index in [-0.39, 0.29) is 101 Å². The third-order valence-corrected chi connectivity index (χ3v) is 18.6. The van der Waals surface area contributed by atoms with Crippen LogP contribution in [0.5, 0.6) is 5.75 Å². The molecule has 0 spiro atoms. The first-order valence-electron chi connectivity index (χ1n) is 25.5. The number of unbranched alkanes of at least 4 members (excludes halogenated alkanes) is 6. The number of allylic oxidation sites excluding steroid dienone is 3. The van der Waals surface area contributed by atoms with Crippen molar-refractivity contribution in [2.45, 2.75) is 177 Å². The molecule has 0 saturated heterocycles. The van der Waals surface area contributed by atoms with Crippen molar-refractivity contribution in [2.24, 2.45) is 0 Å². The summed E-state index contributed by atoms with van der Waals surface area (Å²) in [6.07, 6.45) is 3.31. The number of rotatable bonds is 37. The summed E-state index contributed by atoms with van der Waals surface area (Å²) < 4.78 is 129. The van der Waals surface area contributed by atoms with E-state index in [1.807, 2.05) is 4.72 Å². The lowest BCUT2D eigenvalue weighted by Gasteiger charge is -2.23. The molecule has 3 unspecified atom stereocenters. The molecule has 19 nitrogen and oxygen atoms in total. The number of sulfonamides is 3. The molecule has 0 amide bonds. The smallest absolute Gasteiger partial charge is 0.266 e. The number of aromatic hydroxyl groups is 1. The zero-order chi connectivity index (χ0) is 57.8. The van der Waals surface area contributed by atoms with Crippen molar-refractivity contribution in [3.8, 4) is 5.75 Å². The summed E-state index contributed by atoms with van der Waals surface area (Å²) in [5.74, 6) is -4.45. The van der Waals surface area contributed by atoms with Crippen LogP contribution >= 0.6 is 0 Å². The summed E-state index contributed by atoms with van der Waals surface area (Å²) in [4.78, 5) is 74.5. The monoisotopic (exact) mass is 1150 g/mol. The minimum atomic E-state index is -5.26. The van der Waals surface area contributed by atoms with E-state index in [4.69, 9.17) is 0 Å². The Morgan fingerprint density at radius 2 is 0.740 bits per heavy atom. The van der Waals surface area contributed by atoms with Gasteiger partial charge in [-0.1, -0.05) is 71.0 Å². The van der Waals surface area contributed by atoms with Crippen LogP contribution in [0, 0.1) is 0 Å². The second kappa shape index (κ2) is 27.5. The zero-order valence-electron chi connectivity index (χ0n) is 44.3. The zero-order valence-corrected chi connectivity index (χ0v) is 47.6. The molecule has 422 valence electrons. The normalized spacial score (nSPS) is 13.6. The van der Waals surface area contributed by atoms with E-state index >= 15 is 0 Å². The molecular formula is C54H71N3O16S4. The maximum absolute atomic E-state index is 14.8. The minimum absolute atomic E-state index is 0.0156. The molecule has 4 aromatic carbocycles. The van der Waals surface area contributed by atoms with Gasteiger partial charge in [0.1, 0.15) is 5.75 Å².